The van der Waals surface area contributed by atoms with Crippen LogP contribution in [-0.2, 0) is 16.1 Å². The van der Waals surface area contributed by atoms with Gasteiger partial charge in [0.1, 0.15) is 12.2 Å². The van der Waals surface area contributed by atoms with E-state index in [0.717, 1.165) is 44.1 Å². The molecule has 0 saturated carbocycles. The number of fused-ring (bicyclic) bond motifs is 1. The SMILES string of the molecule is CCCCC(CC)CN1C[C@H]2N(C(=O)CN(C)N2C(=O)NCc2ccccc2)[C@@H](CCCC)C1=O. The Labute approximate surface area is 210 Å². The Bertz CT molecular complexity index is 848. The van der Waals surface area contributed by atoms with Crippen LogP contribution in [0.5, 0.6) is 0 Å². The van der Waals surface area contributed by atoms with Crippen LogP contribution in [0, 0.1) is 5.92 Å². The van der Waals surface area contributed by atoms with Crippen LogP contribution in [0.1, 0.15) is 71.3 Å². The number of hydrogen-bond acceptors (Lipinski definition) is 4. The van der Waals surface area contributed by atoms with Gasteiger partial charge in [-0.05, 0) is 24.3 Å². The third-order valence-corrected chi connectivity index (χ3v) is 7.29. The second-order valence-corrected chi connectivity index (χ2v) is 9.90. The zero-order valence-electron chi connectivity index (χ0n) is 21.9. The molecule has 1 unspecified atom stereocenters. The minimum Gasteiger partial charge on any atom is -0.337 e. The van der Waals surface area contributed by atoms with Gasteiger partial charge in [0.2, 0.25) is 11.8 Å². The smallest absolute Gasteiger partial charge is 0.334 e. The van der Waals surface area contributed by atoms with E-state index in [1.165, 1.54) is 0 Å². The molecule has 1 aromatic carbocycles. The van der Waals surface area contributed by atoms with E-state index in [2.05, 4.69) is 26.1 Å². The fourth-order valence-corrected chi connectivity index (χ4v) is 5.23. The van der Waals surface area contributed by atoms with Crippen LogP contribution in [0.2, 0.25) is 0 Å². The zero-order chi connectivity index (χ0) is 25.4. The quantitative estimate of drug-likeness (QED) is 0.517. The van der Waals surface area contributed by atoms with Crippen molar-refractivity contribution in [1.82, 2.24) is 25.1 Å². The lowest BCUT2D eigenvalue weighted by molar-refractivity contribution is -0.188. The minimum absolute atomic E-state index is 0.0344. The van der Waals surface area contributed by atoms with Gasteiger partial charge in [0.05, 0.1) is 13.1 Å². The van der Waals surface area contributed by atoms with Crippen molar-refractivity contribution < 1.29 is 14.4 Å². The molecule has 0 bridgehead atoms. The number of amides is 4. The molecule has 8 nitrogen and oxygen atoms in total. The molecular formula is C27H43N5O3. The average Bonchev–Trinajstić information content (AvgIpc) is 2.85. The Morgan fingerprint density at radius 1 is 1.09 bits per heavy atom. The summed E-state index contributed by atoms with van der Waals surface area (Å²) in [6, 6.07) is 9.02. The maximum Gasteiger partial charge on any atom is 0.334 e. The van der Waals surface area contributed by atoms with Crippen LogP contribution in [0.15, 0.2) is 30.3 Å². The number of likely N-dealkylation sites (N-methyl/N-ethyl adjacent to an activating group) is 1. The first-order valence-electron chi connectivity index (χ1n) is 13.3. The van der Waals surface area contributed by atoms with E-state index in [4.69, 9.17) is 0 Å². The lowest BCUT2D eigenvalue weighted by Crippen LogP contribution is -2.76. The fraction of sp³-hybridized carbons (Fsp3) is 0.667. The number of nitrogens with zero attached hydrogens (tertiary/aromatic N) is 4. The van der Waals surface area contributed by atoms with E-state index in [1.807, 2.05) is 35.2 Å². The lowest BCUT2D eigenvalue weighted by atomic mass is 9.96. The van der Waals surface area contributed by atoms with E-state index in [-0.39, 0.29) is 24.4 Å². The zero-order valence-corrected chi connectivity index (χ0v) is 21.9. The van der Waals surface area contributed by atoms with Gasteiger partial charge in [-0.1, -0.05) is 83.2 Å². The number of rotatable bonds is 11. The lowest BCUT2D eigenvalue weighted by Gasteiger charge is -2.54. The molecule has 4 amide bonds. The third-order valence-electron chi connectivity index (χ3n) is 7.29. The number of carbonyl (C=O) groups is 3. The average molecular weight is 486 g/mol. The van der Waals surface area contributed by atoms with Crippen molar-refractivity contribution in [3.05, 3.63) is 35.9 Å². The Morgan fingerprint density at radius 3 is 2.46 bits per heavy atom. The summed E-state index contributed by atoms with van der Waals surface area (Å²) in [5, 5.41) is 6.36. The van der Waals surface area contributed by atoms with E-state index < -0.39 is 12.2 Å². The van der Waals surface area contributed by atoms with Crippen LogP contribution >= 0.6 is 0 Å². The normalized spacial score (nSPS) is 21.8. The first-order chi connectivity index (χ1) is 16.9. The molecule has 1 aromatic rings. The highest BCUT2D eigenvalue weighted by atomic mass is 16.2. The van der Waals surface area contributed by atoms with Gasteiger partial charge in [-0.3, -0.25) is 9.59 Å². The summed E-state index contributed by atoms with van der Waals surface area (Å²) < 4.78 is 0. The highest BCUT2D eigenvalue weighted by Crippen LogP contribution is 2.29. The second-order valence-electron chi connectivity index (χ2n) is 9.90. The fourth-order valence-electron chi connectivity index (χ4n) is 5.23. The summed E-state index contributed by atoms with van der Waals surface area (Å²) in [4.78, 5) is 43.8. The summed E-state index contributed by atoms with van der Waals surface area (Å²) in [5.41, 5.74) is 1.01. The number of unbranched alkanes of at least 4 members (excludes halogenated alkanes) is 2. The molecule has 2 heterocycles. The third kappa shape index (κ3) is 6.54. The number of nitrogens with one attached hydrogen (secondary N) is 1. The standard InChI is InChI=1S/C27H43N5O3/c1-5-8-13-21(7-3)18-30-19-24-31(23(26(30)34)16-9-6-2)25(33)20-29(4)32(24)27(35)28-17-22-14-11-10-12-15-22/h10-12,14-15,21,23-24H,5-9,13,16-20H2,1-4H3,(H,28,35)/t21?,23-,24-/m0/s1. The van der Waals surface area contributed by atoms with Crippen LogP contribution in [0.3, 0.4) is 0 Å². The first kappa shape index (κ1) is 27.0. The van der Waals surface area contributed by atoms with Crippen molar-refractivity contribution in [1.29, 1.82) is 0 Å². The van der Waals surface area contributed by atoms with Gasteiger partial charge >= 0.3 is 6.03 Å². The van der Waals surface area contributed by atoms with E-state index in [9.17, 15) is 14.4 Å². The number of piperazine rings is 1. The summed E-state index contributed by atoms with van der Waals surface area (Å²) in [6.45, 7) is 7.97. The molecule has 3 atom stereocenters. The van der Waals surface area contributed by atoms with Crippen molar-refractivity contribution in [3.8, 4) is 0 Å². The number of benzene rings is 1. The summed E-state index contributed by atoms with van der Waals surface area (Å²) in [5.74, 6) is 0.374. The molecule has 2 aliphatic heterocycles. The molecule has 0 aliphatic carbocycles. The molecule has 0 spiro atoms. The second kappa shape index (κ2) is 12.9. The molecule has 1 N–H and O–H groups in total. The highest BCUT2D eigenvalue weighted by molar-refractivity contribution is 5.91. The van der Waals surface area contributed by atoms with Crippen LogP contribution in [0.25, 0.3) is 0 Å². The van der Waals surface area contributed by atoms with Crippen LogP contribution < -0.4 is 5.32 Å². The van der Waals surface area contributed by atoms with Gasteiger partial charge in [-0.25, -0.2) is 14.8 Å². The molecule has 2 fully saturated rings. The first-order valence-corrected chi connectivity index (χ1v) is 13.3. The number of hydrogen-bond donors (Lipinski definition) is 1. The molecule has 8 heteroatoms. The largest absolute Gasteiger partial charge is 0.337 e. The van der Waals surface area contributed by atoms with Crippen molar-refractivity contribution in [2.24, 2.45) is 5.92 Å². The Balaban J connectivity index is 1.84. The maximum absolute atomic E-state index is 13.6. The molecule has 0 radical (unpaired) electrons. The molecule has 2 saturated heterocycles. The van der Waals surface area contributed by atoms with E-state index in [0.29, 0.717) is 32.0 Å². The Hall–Kier alpha value is -2.61. The molecule has 2 aliphatic rings. The van der Waals surface area contributed by atoms with Crippen molar-refractivity contribution in [2.45, 2.75) is 84.5 Å². The molecule has 35 heavy (non-hydrogen) atoms. The molecule has 194 valence electrons. The van der Waals surface area contributed by atoms with Crippen LogP contribution in [-0.4, -0.2) is 76.6 Å². The van der Waals surface area contributed by atoms with Crippen LogP contribution in [0.4, 0.5) is 4.79 Å². The minimum atomic E-state index is -0.511. The number of urea groups is 1. The van der Waals surface area contributed by atoms with E-state index in [1.54, 1.807) is 22.0 Å². The Kier molecular flexibility index (Phi) is 9.95. The van der Waals surface area contributed by atoms with Gasteiger partial charge in [0, 0.05) is 20.1 Å². The summed E-state index contributed by atoms with van der Waals surface area (Å²) in [7, 11) is 1.77. The van der Waals surface area contributed by atoms with Crippen molar-refractivity contribution >= 4 is 17.8 Å². The monoisotopic (exact) mass is 485 g/mol. The van der Waals surface area contributed by atoms with Gasteiger partial charge in [0.15, 0.2) is 0 Å². The van der Waals surface area contributed by atoms with Crippen molar-refractivity contribution in [3.63, 3.8) is 0 Å². The van der Waals surface area contributed by atoms with Gasteiger partial charge in [0.25, 0.3) is 0 Å². The number of hydrazine groups is 1. The summed E-state index contributed by atoms with van der Waals surface area (Å²) >= 11 is 0. The van der Waals surface area contributed by atoms with Gasteiger partial charge in [-0.2, -0.15) is 0 Å². The topological polar surface area (TPSA) is 76.2 Å². The Morgan fingerprint density at radius 2 is 1.80 bits per heavy atom. The van der Waals surface area contributed by atoms with E-state index >= 15 is 0 Å². The number of carbonyl (C=O) groups excluding carboxylic acids is 3. The predicted molar refractivity (Wildman–Crippen MR) is 137 cm³/mol. The summed E-state index contributed by atoms with van der Waals surface area (Å²) in [6.07, 6.45) is 6.32. The molecular weight excluding hydrogens is 442 g/mol. The maximum atomic E-state index is 13.6. The molecule has 3 rings (SSSR count). The predicted octanol–water partition coefficient (Wildman–Crippen LogP) is 3.83. The highest BCUT2D eigenvalue weighted by Gasteiger charge is 2.50. The molecule has 0 aromatic heterocycles. The van der Waals surface area contributed by atoms with Gasteiger partial charge < -0.3 is 15.1 Å². The van der Waals surface area contributed by atoms with Gasteiger partial charge in [-0.15, -0.1) is 0 Å². The van der Waals surface area contributed by atoms with Crippen molar-refractivity contribution in [2.75, 3.05) is 26.7 Å².